The molecule has 2 heterocycles. The summed E-state index contributed by atoms with van der Waals surface area (Å²) in [4.78, 5) is 2.42. The van der Waals surface area contributed by atoms with Crippen LogP contribution in [0.4, 0.5) is 17.1 Å². The van der Waals surface area contributed by atoms with Gasteiger partial charge in [-0.1, -0.05) is 164 Å². The molecule has 0 amide bonds. The van der Waals surface area contributed by atoms with Crippen LogP contribution in [0.15, 0.2) is 235 Å². The Morgan fingerprint density at radius 3 is 1.79 bits per heavy atom. The molecule has 3 nitrogen and oxygen atoms in total. The van der Waals surface area contributed by atoms with Gasteiger partial charge in [-0.05, 0) is 116 Å². The van der Waals surface area contributed by atoms with E-state index in [1.54, 1.807) is 0 Å². The van der Waals surface area contributed by atoms with Crippen LogP contribution >= 0.6 is 0 Å². The van der Waals surface area contributed by atoms with Gasteiger partial charge in [-0.15, -0.1) is 0 Å². The van der Waals surface area contributed by atoms with Gasteiger partial charge in [0.2, 0.25) is 0 Å². The van der Waals surface area contributed by atoms with Crippen LogP contribution in [0.5, 0.6) is 0 Å². The summed E-state index contributed by atoms with van der Waals surface area (Å²) in [6.45, 7) is 0. The highest BCUT2D eigenvalue weighted by Crippen LogP contribution is 2.48. The van der Waals surface area contributed by atoms with Crippen molar-refractivity contribution in [3.63, 3.8) is 0 Å². The van der Waals surface area contributed by atoms with E-state index < -0.39 is 0 Å². The summed E-state index contributed by atoms with van der Waals surface area (Å²) in [5.74, 6) is 0. The van der Waals surface area contributed by atoms with Crippen LogP contribution in [0.25, 0.3) is 104 Å². The smallest absolute Gasteiger partial charge is 0.145 e. The highest BCUT2D eigenvalue weighted by molar-refractivity contribution is 6.20. The lowest BCUT2D eigenvalue weighted by Crippen LogP contribution is -2.10. The third kappa shape index (κ3) is 5.53. The summed E-state index contributed by atoms with van der Waals surface area (Å²) >= 11 is 0. The number of hydrogen-bond acceptors (Lipinski definition) is 2. The zero-order valence-electron chi connectivity index (χ0n) is 34.2. The lowest BCUT2D eigenvalue weighted by atomic mass is 9.95. The van der Waals surface area contributed by atoms with Gasteiger partial charge in [0.05, 0.1) is 22.1 Å². The molecule has 0 saturated heterocycles. The molecule has 13 rings (SSSR count). The van der Waals surface area contributed by atoms with E-state index >= 15 is 0 Å². The molecule has 0 unspecified atom stereocenters. The second kappa shape index (κ2) is 14.1. The monoisotopic (exact) mass is 802 g/mol. The molecule has 0 radical (unpaired) electrons. The van der Waals surface area contributed by atoms with E-state index in [-0.39, 0.29) is 0 Å². The number of para-hydroxylation sites is 3. The highest BCUT2D eigenvalue weighted by Gasteiger charge is 2.24. The average molecular weight is 803 g/mol. The molecule has 0 atom stereocenters. The maximum Gasteiger partial charge on any atom is 0.145 e. The molecule has 13 aromatic rings. The molecular weight excluding hydrogens is 765 g/mol. The highest BCUT2D eigenvalue weighted by atomic mass is 16.3. The van der Waals surface area contributed by atoms with Crippen molar-refractivity contribution in [2.75, 3.05) is 4.90 Å². The summed E-state index contributed by atoms with van der Waals surface area (Å²) in [6.07, 6.45) is 0. The number of rotatable bonds is 6. The van der Waals surface area contributed by atoms with E-state index in [0.717, 1.165) is 61.4 Å². The molecule has 63 heavy (non-hydrogen) atoms. The fourth-order valence-electron chi connectivity index (χ4n) is 10.1. The Hall–Kier alpha value is -8.40. The van der Waals surface area contributed by atoms with Crippen LogP contribution in [0.1, 0.15) is 0 Å². The van der Waals surface area contributed by atoms with Crippen LogP contribution in [-0.4, -0.2) is 4.57 Å². The molecule has 0 aliphatic heterocycles. The fourth-order valence-corrected chi connectivity index (χ4v) is 10.1. The maximum absolute atomic E-state index is 6.94. The summed E-state index contributed by atoms with van der Waals surface area (Å²) in [5.41, 5.74) is 13.1. The van der Waals surface area contributed by atoms with Gasteiger partial charge in [0.25, 0.3) is 0 Å². The molecule has 11 aromatic carbocycles. The van der Waals surface area contributed by atoms with Gasteiger partial charge in [0.15, 0.2) is 0 Å². The first-order valence-corrected chi connectivity index (χ1v) is 21.6. The van der Waals surface area contributed by atoms with Gasteiger partial charge in [0, 0.05) is 38.8 Å². The van der Waals surface area contributed by atoms with Gasteiger partial charge < -0.3 is 13.9 Å². The van der Waals surface area contributed by atoms with Crippen molar-refractivity contribution in [1.82, 2.24) is 4.57 Å². The third-order valence-corrected chi connectivity index (χ3v) is 13.0. The van der Waals surface area contributed by atoms with Crippen molar-refractivity contribution in [3.8, 4) is 27.9 Å². The van der Waals surface area contributed by atoms with Crippen molar-refractivity contribution < 1.29 is 4.42 Å². The minimum Gasteiger partial charge on any atom is -0.455 e. The zero-order chi connectivity index (χ0) is 41.4. The van der Waals surface area contributed by atoms with Crippen LogP contribution in [0.2, 0.25) is 0 Å². The van der Waals surface area contributed by atoms with Crippen LogP contribution < -0.4 is 4.90 Å². The van der Waals surface area contributed by atoms with E-state index in [9.17, 15) is 0 Å². The SMILES string of the molecule is c1ccc(-n2c3ccccc3c3c(-c4ccc(N(c5ccc6ccc7ccccc7c6c5)c5ccc(-c6cccc7ccccc67)c6oc7ccccc7c56)cc4)cccc32)cc1. The number of anilines is 3. The average Bonchev–Trinajstić information content (AvgIpc) is 3.91. The molecule has 2 aromatic heterocycles. The number of nitrogens with zero attached hydrogens (tertiary/aromatic N) is 2. The second-order valence-electron chi connectivity index (χ2n) is 16.4. The molecule has 0 N–H and O–H groups in total. The molecule has 0 bridgehead atoms. The second-order valence-corrected chi connectivity index (χ2v) is 16.4. The Labute approximate surface area is 363 Å². The van der Waals surface area contributed by atoms with E-state index in [4.69, 9.17) is 4.42 Å². The first-order chi connectivity index (χ1) is 31.3. The van der Waals surface area contributed by atoms with Crippen molar-refractivity contribution in [2.24, 2.45) is 0 Å². The lowest BCUT2D eigenvalue weighted by molar-refractivity contribution is 0.670. The van der Waals surface area contributed by atoms with Crippen molar-refractivity contribution in [1.29, 1.82) is 0 Å². The van der Waals surface area contributed by atoms with Crippen LogP contribution in [0.3, 0.4) is 0 Å². The van der Waals surface area contributed by atoms with Gasteiger partial charge in [-0.3, -0.25) is 0 Å². The minimum absolute atomic E-state index is 0.865. The lowest BCUT2D eigenvalue weighted by Gasteiger charge is -2.27. The van der Waals surface area contributed by atoms with Gasteiger partial charge in [0.1, 0.15) is 11.2 Å². The van der Waals surface area contributed by atoms with Crippen LogP contribution in [-0.2, 0) is 0 Å². The Balaban J connectivity index is 1.05. The maximum atomic E-state index is 6.94. The number of benzene rings is 11. The minimum atomic E-state index is 0.865. The summed E-state index contributed by atoms with van der Waals surface area (Å²) < 4.78 is 9.32. The van der Waals surface area contributed by atoms with Gasteiger partial charge >= 0.3 is 0 Å². The van der Waals surface area contributed by atoms with Gasteiger partial charge in [-0.25, -0.2) is 0 Å². The van der Waals surface area contributed by atoms with Gasteiger partial charge in [-0.2, -0.15) is 0 Å². The molecule has 3 heteroatoms. The van der Waals surface area contributed by atoms with Crippen LogP contribution in [0, 0.1) is 0 Å². The third-order valence-electron chi connectivity index (χ3n) is 13.0. The Morgan fingerprint density at radius 1 is 0.349 bits per heavy atom. The van der Waals surface area contributed by atoms with E-state index in [2.05, 4.69) is 240 Å². The normalized spacial score (nSPS) is 11.8. The molecule has 0 saturated carbocycles. The number of furan rings is 1. The molecule has 0 aliphatic carbocycles. The Morgan fingerprint density at radius 2 is 0.952 bits per heavy atom. The van der Waals surface area contributed by atoms with E-state index in [1.807, 2.05) is 0 Å². The standard InChI is InChI=1S/C60H38N2O/c1-2-17-43(18-3-1)62-54-25-10-8-21-51(54)58-48(23-13-26-55(58)62)41-30-33-44(34-31-41)61(45-35-32-42-29-28-40-15-5-7-20-47(40)53(42)38-45)56-37-36-50(49-24-12-16-39-14-4-6-19-46(39)49)60-59(56)52-22-9-11-27-57(52)63-60/h1-38H. The zero-order valence-corrected chi connectivity index (χ0v) is 34.2. The summed E-state index contributed by atoms with van der Waals surface area (Å²) in [6, 6.07) is 83.4. The van der Waals surface area contributed by atoms with Crippen molar-refractivity contribution in [3.05, 3.63) is 231 Å². The first kappa shape index (κ1) is 35.4. The summed E-state index contributed by atoms with van der Waals surface area (Å²) in [5, 5.41) is 11.9. The molecule has 0 fully saturated rings. The molecule has 0 spiro atoms. The topological polar surface area (TPSA) is 21.3 Å². The molecular formula is C60H38N2O. The number of hydrogen-bond donors (Lipinski definition) is 0. The quantitative estimate of drug-likeness (QED) is 0.156. The van der Waals surface area contributed by atoms with Crippen molar-refractivity contribution in [2.45, 2.75) is 0 Å². The van der Waals surface area contributed by atoms with E-state index in [1.165, 1.54) is 59.7 Å². The van der Waals surface area contributed by atoms with E-state index in [0.29, 0.717) is 0 Å². The Kier molecular flexibility index (Phi) is 7.91. The predicted octanol–water partition coefficient (Wildman–Crippen LogP) is 16.9. The predicted molar refractivity (Wildman–Crippen MR) is 266 cm³/mol. The number of fused-ring (bicyclic) bond motifs is 10. The fraction of sp³-hybridized carbons (Fsp3) is 0. The molecule has 294 valence electrons. The van der Waals surface area contributed by atoms with Crippen molar-refractivity contribution >= 4 is 93.1 Å². The molecule has 0 aliphatic rings. The largest absolute Gasteiger partial charge is 0.455 e. The Bertz CT molecular complexity index is 3910. The summed E-state index contributed by atoms with van der Waals surface area (Å²) in [7, 11) is 0. The number of aromatic nitrogens is 1. The first-order valence-electron chi connectivity index (χ1n) is 21.6.